The van der Waals surface area contributed by atoms with Gasteiger partial charge in [0.25, 0.3) is 0 Å². The summed E-state index contributed by atoms with van der Waals surface area (Å²) in [6.07, 6.45) is 1.15. The van der Waals surface area contributed by atoms with E-state index in [0.29, 0.717) is 23.4 Å². The molecule has 0 aliphatic heterocycles. The third-order valence-corrected chi connectivity index (χ3v) is 6.37. The first-order valence-corrected chi connectivity index (χ1v) is 10.2. The van der Waals surface area contributed by atoms with Crippen molar-refractivity contribution in [2.75, 3.05) is 13.2 Å². The van der Waals surface area contributed by atoms with Crippen molar-refractivity contribution in [3.05, 3.63) is 63.6 Å². The average molecular weight is 402 g/mol. The molecule has 0 fully saturated rings. The summed E-state index contributed by atoms with van der Waals surface area (Å²) >= 11 is 12.0. The van der Waals surface area contributed by atoms with Crippen LogP contribution in [0.4, 0.5) is 0 Å². The number of aliphatic hydroxyl groups is 1. The lowest BCUT2D eigenvalue weighted by Crippen LogP contribution is -2.26. The van der Waals surface area contributed by atoms with Gasteiger partial charge >= 0.3 is 0 Å². The highest BCUT2D eigenvalue weighted by molar-refractivity contribution is 7.89. The normalized spacial score (nSPS) is 13.0. The summed E-state index contributed by atoms with van der Waals surface area (Å²) in [5.74, 6) is 0.0799. The number of sulfonamides is 1. The van der Waals surface area contributed by atoms with Crippen molar-refractivity contribution in [1.82, 2.24) is 4.72 Å². The molecule has 0 amide bonds. The van der Waals surface area contributed by atoms with E-state index in [9.17, 15) is 13.5 Å². The number of hydrogen-bond donors (Lipinski definition) is 2. The van der Waals surface area contributed by atoms with Crippen LogP contribution < -0.4 is 4.72 Å². The summed E-state index contributed by atoms with van der Waals surface area (Å²) in [6.45, 7) is 2.03. The first kappa shape index (κ1) is 20.2. The number of hydrogen-bond acceptors (Lipinski definition) is 3. The fourth-order valence-electron chi connectivity index (χ4n) is 2.64. The Balaban J connectivity index is 2.08. The molecule has 4 nitrogen and oxygen atoms in total. The van der Waals surface area contributed by atoms with Crippen LogP contribution in [0.3, 0.4) is 0 Å². The molecule has 0 aromatic heterocycles. The molecule has 0 saturated carbocycles. The lowest BCUT2D eigenvalue weighted by molar-refractivity contribution is 0.273. The number of aryl methyl sites for hydroxylation is 1. The molecule has 0 aliphatic rings. The van der Waals surface area contributed by atoms with Crippen LogP contribution in [0.5, 0.6) is 0 Å². The molecule has 1 unspecified atom stereocenters. The number of rotatable bonds is 8. The molecule has 0 bridgehead atoms. The summed E-state index contributed by atoms with van der Waals surface area (Å²) in [4.78, 5) is 0.0227. The Bertz CT molecular complexity index is 811. The number of halogens is 2. The molecule has 0 spiro atoms. The van der Waals surface area contributed by atoms with E-state index < -0.39 is 10.0 Å². The monoisotopic (exact) mass is 401 g/mol. The molecular weight excluding hydrogens is 381 g/mol. The minimum Gasteiger partial charge on any atom is -0.396 e. The maximum atomic E-state index is 12.5. The van der Waals surface area contributed by atoms with Gasteiger partial charge in [0, 0.05) is 18.2 Å². The quantitative estimate of drug-likeness (QED) is 0.698. The van der Waals surface area contributed by atoms with Crippen LogP contribution >= 0.6 is 23.2 Å². The molecule has 2 aromatic rings. The van der Waals surface area contributed by atoms with E-state index in [1.54, 1.807) is 6.92 Å². The smallest absolute Gasteiger partial charge is 0.242 e. The average Bonchev–Trinajstić information content (AvgIpc) is 2.58. The third-order valence-electron chi connectivity index (χ3n) is 4.04. The Hall–Kier alpha value is -1.11. The molecule has 2 N–H and O–H groups in total. The fourth-order valence-corrected chi connectivity index (χ4v) is 4.52. The van der Waals surface area contributed by atoms with E-state index >= 15 is 0 Å². The molecule has 1 atom stereocenters. The molecule has 136 valence electrons. The third kappa shape index (κ3) is 5.43. The molecule has 2 rings (SSSR count). The second kappa shape index (κ2) is 9.01. The highest BCUT2D eigenvalue weighted by Crippen LogP contribution is 2.28. The van der Waals surface area contributed by atoms with Crippen LogP contribution in [0.2, 0.25) is 10.0 Å². The van der Waals surface area contributed by atoms with Crippen molar-refractivity contribution < 1.29 is 13.5 Å². The summed E-state index contributed by atoms with van der Waals surface area (Å²) in [7, 11) is -3.73. The maximum absolute atomic E-state index is 12.5. The van der Waals surface area contributed by atoms with Gasteiger partial charge in [0.1, 0.15) is 4.90 Å². The molecule has 0 saturated heterocycles. The van der Waals surface area contributed by atoms with Crippen LogP contribution in [0.1, 0.15) is 29.9 Å². The Morgan fingerprint density at radius 3 is 2.40 bits per heavy atom. The molecule has 7 heteroatoms. The highest BCUT2D eigenvalue weighted by atomic mass is 35.5. The topological polar surface area (TPSA) is 66.4 Å². The Morgan fingerprint density at radius 1 is 1.08 bits per heavy atom. The Morgan fingerprint density at radius 2 is 1.76 bits per heavy atom. The summed E-state index contributed by atoms with van der Waals surface area (Å²) in [5.41, 5.74) is 1.73. The van der Waals surface area contributed by atoms with Crippen LogP contribution in [0.25, 0.3) is 0 Å². The zero-order chi connectivity index (χ0) is 18.4. The molecular formula is C18H21Cl2NO3S. The summed E-state index contributed by atoms with van der Waals surface area (Å²) in [5, 5.41) is 9.78. The van der Waals surface area contributed by atoms with Gasteiger partial charge in [-0.2, -0.15) is 0 Å². The lowest BCUT2D eigenvalue weighted by atomic mass is 9.93. The van der Waals surface area contributed by atoms with Gasteiger partial charge in [-0.05, 0) is 48.9 Å². The van der Waals surface area contributed by atoms with Gasteiger partial charge in [0.15, 0.2) is 0 Å². The first-order valence-electron chi connectivity index (χ1n) is 7.96. The van der Waals surface area contributed by atoms with Gasteiger partial charge in [0.2, 0.25) is 10.0 Å². The van der Waals surface area contributed by atoms with Crippen molar-refractivity contribution in [3.63, 3.8) is 0 Å². The fraction of sp³-hybridized carbons (Fsp3) is 0.333. The molecule has 0 radical (unpaired) electrons. The molecule has 2 aromatic carbocycles. The summed E-state index contributed by atoms with van der Waals surface area (Å²) in [6, 6.07) is 12.6. The predicted octanol–water partition coefficient (Wildman–Crippen LogP) is 4.14. The van der Waals surface area contributed by atoms with Gasteiger partial charge in [0.05, 0.1) is 5.02 Å². The summed E-state index contributed by atoms with van der Waals surface area (Å²) < 4.78 is 27.6. The van der Waals surface area contributed by atoms with Crippen LogP contribution in [0.15, 0.2) is 47.4 Å². The number of aliphatic hydroxyl groups excluding tert-OH is 1. The molecule has 0 aliphatic carbocycles. The van der Waals surface area contributed by atoms with E-state index in [1.165, 1.54) is 12.1 Å². The predicted molar refractivity (Wildman–Crippen MR) is 102 cm³/mol. The second-order valence-corrected chi connectivity index (χ2v) is 8.39. The lowest BCUT2D eigenvalue weighted by Gasteiger charge is -2.17. The Labute approximate surface area is 158 Å². The minimum atomic E-state index is -3.73. The zero-order valence-corrected chi connectivity index (χ0v) is 16.2. The SMILES string of the molecule is Cc1cc(S(=O)(=O)NCCC(CCO)c2ccccc2)c(Cl)cc1Cl. The van der Waals surface area contributed by atoms with Gasteiger partial charge in [-0.3, -0.25) is 0 Å². The van der Waals surface area contributed by atoms with Crippen molar-refractivity contribution in [2.45, 2.75) is 30.6 Å². The van der Waals surface area contributed by atoms with Gasteiger partial charge < -0.3 is 5.11 Å². The maximum Gasteiger partial charge on any atom is 0.242 e. The molecule has 25 heavy (non-hydrogen) atoms. The highest BCUT2D eigenvalue weighted by Gasteiger charge is 2.20. The van der Waals surface area contributed by atoms with Crippen molar-refractivity contribution in [1.29, 1.82) is 0 Å². The van der Waals surface area contributed by atoms with Crippen molar-refractivity contribution in [3.8, 4) is 0 Å². The van der Waals surface area contributed by atoms with E-state index in [2.05, 4.69) is 4.72 Å². The van der Waals surface area contributed by atoms with E-state index in [1.807, 2.05) is 30.3 Å². The first-order chi connectivity index (χ1) is 11.8. The van der Waals surface area contributed by atoms with Gasteiger partial charge in [-0.25, -0.2) is 13.1 Å². The van der Waals surface area contributed by atoms with E-state index in [4.69, 9.17) is 23.2 Å². The zero-order valence-electron chi connectivity index (χ0n) is 13.9. The van der Waals surface area contributed by atoms with Crippen molar-refractivity contribution >= 4 is 33.2 Å². The van der Waals surface area contributed by atoms with E-state index in [0.717, 1.165) is 5.56 Å². The van der Waals surface area contributed by atoms with Gasteiger partial charge in [-0.15, -0.1) is 0 Å². The molecule has 0 heterocycles. The Kier molecular flexibility index (Phi) is 7.28. The standard InChI is InChI=1S/C18H21Cl2NO3S/c1-13-11-18(17(20)12-16(13)19)25(23,24)21-9-7-15(8-10-22)14-5-3-2-4-6-14/h2-6,11-12,15,21-22H,7-10H2,1H3. The van der Waals surface area contributed by atoms with Crippen LogP contribution in [-0.4, -0.2) is 26.7 Å². The van der Waals surface area contributed by atoms with Crippen LogP contribution in [0, 0.1) is 6.92 Å². The number of nitrogens with one attached hydrogen (secondary N) is 1. The van der Waals surface area contributed by atoms with Crippen molar-refractivity contribution in [2.24, 2.45) is 0 Å². The van der Waals surface area contributed by atoms with Gasteiger partial charge in [-0.1, -0.05) is 53.5 Å². The second-order valence-electron chi connectivity index (χ2n) is 5.84. The largest absolute Gasteiger partial charge is 0.396 e. The number of benzene rings is 2. The van der Waals surface area contributed by atoms with E-state index in [-0.39, 0.29) is 29.0 Å². The minimum absolute atomic E-state index is 0.0227. The van der Waals surface area contributed by atoms with Crippen LogP contribution in [-0.2, 0) is 10.0 Å².